The van der Waals surface area contributed by atoms with Crippen molar-refractivity contribution in [2.24, 2.45) is 11.7 Å². The summed E-state index contributed by atoms with van der Waals surface area (Å²) in [4.78, 5) is -0.547. The monoisotopic (exact) mass is 326 g/mol. The second kappa shape index (κ2) is 6.34. The predicted molar refractivity (Wildman–Crippen MR) is 74.2 cm³/mol. The summed E-state index contributed by atoms with van der Waals surface area (Å²) in [7, 11) is -4.00. The summed E-state index contributed by atoms with van der Waals surface area (Å²) in [6.45, 7) is 1.44. The van der Waals surface area contributed by atoms with Crippen molar-refractivity contribution in [3.05, 3.63) is 29.3 Å². The van der Waals surface area contributed by atoms with Gasteiger partial charge in [-0.2, -0.15) is 0 Å². The first-order valence-corrected chi connectivity index (χ1v) is 7.50. The highest BCUT2D eigenvalue weighted by molar-refractivity contribution is 7.89. The molecule has 0 heterocycles. The topological polar surface area (TPSA) is 72.2 Å². The fraction of sp³-hybridized carbons (Fsp3) is 0.500. The van der Waals surface area contributed by atoms with Crippen molar-refractivity contribution in [2.45, 2.75) is 30.7 Å². The molecule has 0 radical (unpaired) electrons. The van der Waals surface area contributed by atoms with Crippen LogP contribution in [0.5, 0.6) is 0 Å². The molecule has 1 aromatic carbocycles. The van der Waals surface area contributed by atoms with Gasteiger partial charge in [-0.25, -0.2) is 21.9 Å². The van der Waals surface area contributed by atoms with E-state index in [1.807, 2.05) is 0 Å². The average Bonchev–Trinajstić information content (AvgIpc) is 3.14. The highest BCUT2D eigenvalue weighted by atomic mass is 35.5. The number of sulfonamides is 1. The molecule has 1 atom stereocenters. The second-order valence-electron chi connectivity index (χ2n) is 4.88. The van der Waals surface area contributed by atoms with Crippen LogP contribution in [0.2, 0.25) is 0 Å². The average molecular weight is 327 g/mol. The van der Waals surface area contributed by atoms with Gasteiger partial charge in [-0.15, -0.1) is 12.4 Å². The van der Waals surface area contributed by atoms with Crippen LogP contribution in [0.1, 0.15) is 18.4 Å². The molecule has 1 saturated carbocycles. The molecule has 1 aliphatic rings. The van der Waals surface area contributed by atoms with E-state index in [-0.39, 0.29) is 30.6 Å². The summed E-state index contributed by atoms with van der Waals surface area (Å²) >= 11 is 0. The molecular formula is C12H17ClF2N2O2S. The van der Waals surface area contributed by atoms with Crippen molar-refractivity contribution in [3.8, 4) is 0 Å². The third-order valence-corrected chi connectivity index (χ3v) is 4.68. The number of hydrogen-bond acceptors (Lipinski definition) is 3. The van der Waals surface area contributed by atoms with Crippen LogP contribution in [-0.4, -0.2) is 21.0 Å². The maximum Gasteiger partial charge on any atom is 0.243 e. The molecular weight excluding hydrogens is 310 g/mol. The normalized spacial score (nSPS) is 16.6. The van der Waals surface area contributed by atoms with Gasteiger partial charge in [0, 0.05) is 18.7 Å². The third kappa shape index (κ3) is 3.88. The lowest BCUT2D eigenvalue weighted by molar-refractivity contribution is 0.528. The molecule has 1 aromatic rings. The Morgan fingerprint density at radius 3 is 2.50 bits per heavy atom. The minimum Gasteiger partial charge on any atom is -0.326 e. The zero-order chi connectivity index (χ0) is 14.2. The molecule has 0 aromatic heterocycles. The van der Waals surface area contributed by atoms with E-state index in [4.69, 9.17) is 5.73 Å². The van der Waals surface area contributed by atoms with Gasteiger partial charge in [0.15, 0.2) is 0 Å². The molecule has 8 heteroatoms. The number of rotatable bonds is 5. The van der Waals surface area contributed by atoms with E-state index in [2.05, 4.69) is 4.72 Å². The van der Waals surface area contributed by atoms with E-state index >= 15 is 0 Å². The predicted octanol–water partition coefficient (Wildman–Crippen LogP) is 1.71. The van der Waals surface area contributed by atoms with Crippen molar-refractivity contribution in [1.82, 2.24) is 4.72 Å². The van der Waals surface area contributed by atoms with Crippen LogP contribution in [0.15, 0.2) is 17.0 Å². The van der Waals surface area contributed by atoms with E-state index in [0.29, 0.717) is 12.0 Å². The van der Waals surface area contributed by atoms with Gasteiger partial charge < -0.3 is 5.73 Å². The molecule has 1 unspecified atom stereocenters. The van der Waals surface area contributed by atoms with E-state index in [9.17, 15) is 17.2 Å². The minimum atomic E-state index is -4.00. The Bertz CT molecular complexity index is 591. The summed E-state index contributed by atoms with van der Waals surface area (Å²) in [6.07, 6.45) is 1.99. The Morgan fingerprint density at radius 1 is 1.35 bits per heavy atom. The Balaban J connectivity index is 0.00000200. The van der Waals surface area contributed by atoms with Crippen molar-refractivity contribution in [2.75, 3.05) is 6.54 Å². The summed E-state index contributed by atoms with van der Waals surface area (Å²) in [5.74, 6) is -1.54. The first kappa shape index (κ1) is 17.3. The third-order valence-electron chi connectivity index (χ3n) is 3.24. The number of nitrogens with one attached hydrogen (secondary N) is 1. The summed E-state index contributed by atoms with van der Waals surface area (Å²) < 4.78 is 52.8. The van der Waals surface area contributed by atoms with E-state index in [0.717, 1.165) is 18.9 Å². The van der Waals surface area contributed by atoms with Gasteiger partial charge in [-0.05, 0) is 37.3 Å². The van der Waals surface area contributed by atoms with E-state index in [1.165, 1.54) is 6.92 Å². The number of nitrogens with two attached hydrogens (primary N) is 1. The van der Waals surface area contributed by atoms with Crippen LogP contribution in [0.3, 0.4) is 0 Å². The lowest BCUT2D eigenvalue weighted by Crippen LogP contribution is -2.38. The molecule has 1 aliphatic carbocycles. The highest BCUT2D eigenvalue weighted by Gasteiger charge is 2.30. The number of halogens is 3. The van der Waals surface area contributed by atoms with Crippen LogP contribution in [0.4, 0.5) is 8.78 Å². The van der Waals surface area contributed by atoms with Gasteiger partial charge in [-0.1, -0.05) is 0 Å². The van der Waals surface area contributed by atoms with Crippen LogP contribution in [0.25, 0.3) is 0 Å². The maximum absolute atomic E-state index is 13.5. The van der Waals surface area contributed by atoms with Crippen LogP contribution >= 0.6 is 12.4 Å². The van der Waals surface area contributed by atoms with E-state index in [1.54, 1.807) is 0 Å². The largest absolute Gasteiger partial charge is 0.326 e. The zero-order valence-corrected chi connectivity index (χ0v) is 12.5. The molecule has 0 bridgehead atoms. The molecule has 2 rings (SSSR count). The standard InChI is InChI=1S/C12H16F2N2O2S.ClH/c1-7-4-12(10(14)5-9(7)13)19(17,18)16-6-11(15)8-2-3-8;/h4-5,8,11,16H,2-3,6,15H2,1H3;1H. The number of hydrogen-bond donors (Lipinski definition) is 2. The van der Waals surface area contributed by atoms with Gasteiger partial charge in [0.05, 0.1) is 0 Å². The maximum atomic E-state index is 13.5. The molecule has 114 valence electrons. The van der Waals surface area contributed by atoms with Crippen molar-refractivity contribution < 1.29 is 17.2 Å². The SMILES string of the molecule is Cc1cc(S(=O)(=O)NCC(N)C2CC2)c(F)cc1F.Cl. The Morgan fingerprint density at radius 2 is 1.95 bits per heavy atom. The Labute approximate surface area is 123 Å². The first-order chi connectivity index (χ1) is 8.81. The summed E-state index contributed by atoms with van der Waals surface area (Å²) in [5.41, 5.74) is 5.85. The molecule has 3 N–H and O–H groups in total. The fourth-order valence-corrected chi connectivity index (χ4v) is 3.03. The van der Waals surface area contributed by atoms with Gasteiger partial charge >= 0.3 is 0 Å². The summed E-state index contributed by atoms with van der Waals surface area (Å²) in [6, 6.07) is 1.29. The zero-order valence-electron chi connectivity index (χ0n) is 10.9. The molecule has 20 heavy (non-hydrogen) atoms. The molecule has 0 saturated heterocycles. The van der Waals surface area contributed by atoms with Crippen LogP contribution < -0.4 is 10.5 Å². The first-order valence-electron chi connectivity index (χ1n) is 6.02. The Kier molecular flexibility index (Phi) is 5.48. The van der Waals surface area contributed by atoms with E-state index < -0.39 is 26.6 Å². The van der Waals surface area contributed by atoms with Crippen LogP contribution in [0, 0.1) is 24.5 Å². The van der Waals surface area contributed by atoms with Gasteiger partial charge in [-0.3, -0.25) is 0 Å². The quantitative estimate of drug-likeness (QED) is 0.865. The van der Waals surface area contributed by atoms with Gasteiger partial charge in [0.2, 0.25) is 10.0 Å². The molecule has 0 amide bonds. The lowest BCUT2D eigenvalue weighted by Gasteiger charge is -2.13. The molecule has 0 spiro atoms. The molecule has 0 aliphatic heterocycles. The fourth-order valence-electron chi connectivity index (χ4n) is 1.81. The highest BCUT2D eigenvalue weighted by Crippen LogP contribution is 2.31. The number of benzene rings is 1. The van der Waals surface area contributed by atoms with Crippen molar-refractivity contribution >= 4 is 22.4 Å². The Hall–Kier alpha value is -0.760. The second-order valence-corrected chi connectivity index (χ2v) is 6.62. The van der Waals surface area contributed by atoms with Gasteiger partial charge in [0.1, 0.15) is 16.5 Å². The van der Waals surface area contributed by atoms with Crippen molar-refractivity contribution in [3.63, 3.8) is 0 Å². The van der Waals surface area contributed by atoms with Gasteiger partial charge in [0.25, 0.3) is 0 Å². The smallest absolute Gasteiger partial charge is 0.243 e. The summed E-state index contributed by atoms with van der Waals surface area (Å²) in [5, 5.41) is 0. The molecule has 1 fully saturated rings. The van der Waals surface area contributed by atoms with Crippen LogP contribution in [-0.2, 0) is 10.0 Å². The minimum absolute atomic E-state index is 0. The number of aryl methyl sites for hydroxylation is 1. The van der Waals surface area contributed by atoms with Crippen molar-refractivity contribution in [1.29, 1.82) is 0 Å². The lowest BCUT2D eigenvalue weighted by atomic mass is 10.2. The molecule has 4 nitrogen and oxygen atoms in total.